The predicted molar refractivity (Wildman–Crippen MR) is 90.9 cm³/mol. The number of alkyl halides is 2. The van der Waals surface area contributed by atoms with Crippen molar-refractivity contribution in [2.75, 3.05) is 13.7 Å². The minimum Gasteiger partial charge on any atom is -0.481 e. The van der Waals surface area contributed by atoms with E-state index in [1.165, 1.54) is 13.3 Å². The van der Waals surface area contributed by atoms with E-state index in [1.807, 2.05) is 13.8 Å². The minimum absolute atomic E-state index is 0.00702. The predicted octanol–water partition coefficient (Wildman–Crippen LogP) is 4.89. The quantitative estimate of drug-likeness (QED) is 0.653. The lowest BCUT2D eigenvalue weighted by Gasteiger charge is -2.33. The number of esters is 1. The molecule has 4 nitrogen and oxygen atoms in total. The van der Waals surface area contributed by atoms with Crippen molar-refractivity contribution in [1.82, 2.24) is 4.98 Å². The Bertz CT molecular complexity index is 572. The summed E-state index contributed by atoms with van der Waals surface area (Å²) in [6.45, 7) is 4.19. The number of hydrogen-bond donors (Lipinski definition) is 0. The standard InChI is InChI=1S/C19H27F2NO3/c1-4-14(19(23)25-5-2)12-6-8-13(9-7-12)15-10-11-22-18(24-3)16(15)17(20)21/h10-14,17H,4-9H2,1-3H3. The number of halogens is 2. The highest BCUT2D eigenvalue weighted by atomic mass is 19.3. The van der Waals surface area contributed by atoms with Crippen molar-refractivity contribution in [2.45, 2.75) is 58.3 Å². The molecule has 1 aliphatic rings. The van der Waals surface area contributed by atoms with E-state index < -0.39 is 6.43 Å². The number of carbonyl (C=O) groups excluding carboxylic acids is 1. The van der Waals surface area contributed by atoms with Crippen molar-refractivity contribution in [1.29, 1.82) is 0 Å². The van der Waals surface area contributed by atoms with Crippen LogP contribution in [0.25, 0.3) is 0 Å². The first-order valence-electron chi connectivity index (χ1n) is 9.00. The zero-order valence-corrected chi connectivity index (χ0v) is 15.1. The molecule has 1 fully saturated rings. The van der Waals surface area contributed by atoms with E-state index in [9.17, 15) is 13.6 Å². The van der Waals surface area contributed by atoms with Crippen molar-refractivity contribution in [3.05, 3.63) is 23.4 Å². The van der Waals surface area contributed by atoms with Crippen LogP contribution in [0.15, 0.2) is 12.3 Å². The van der Waals surface area contributed by atoms with E-state index in [4.69, 9.17) is 9.47 Å². The molecule has 0 N–H and O–H groups in total. The van der Waals surface area contributed by atoms with Gasteiger partial charge in [-0.05, 0) is 62.5 Å². The van der Waals surface area contributed by atoms with E-state index >= 15 is 0 Å². The van der Waals surface area contributed by atoms with Crippen LogP contribution in [0.4, 0.5) is 8.78 Å². The molecule has 1 atom stereocenters. The fourth-order valence-electron chi connectivity index (χ4n) is 3.98. The number of rotatable bonds is 7. The van der Waals surface area contributed by atoms with Gasteiger partial charge in [0.05, 0.1) is 25.2 Å². The van der Waals surface area contributed by atoms with Gasteiger partial charge in [0, 0.05) is 6.20 Å². The second-order valence-electron chi connectivity index (χ2n) is 6.50. The first-order chi connectivity index (χ1) is 12.0. The van der Waals surface area contributed by atoms with Gasteiger partial charge in [0.15, 0.2) is 0 Å². The second kappa shape index (κ2) is 9.11. The lowest BCUT2D eigenvalue weighted by molar-refractivity contribution is -0.150. The Balaban J connectivity index is 2.11. The van der Waals surface area contributed by atoms with E-state index in [1.54, 1.807) is 6.07 Å². The maximum Gasteiger partial charge on any atom is 0.309 e. The van der Waals surface area contributed by atoms with Gasteiger partial charge >= 0.3 is 5.97 Å². The molecule has 0 bridgehead atoms. The minimum atomic E-state index is -2.61. The monoisotopic (exact) mass is 355 g/mol. The molecule has 0 amide bonds. The summed E-state index contributed by atoms with van der Waals surface area (Å²) in [5.41, 5.74) is 0.537. The number of nitrogens with zero attached hydrogens (tertiary/aromatic N) is 1. The highest BCUT2D eigenvalue weighted by Crippen LogP contribution is 2.44. The van der Waals surface area contributed by atoms with E-state index in [-0.39, 0.29) is 35.2 Å². The Morgan fingerprint density at radius 1 is 1.28 bits per heavy atom. The highest BCUT2D eigenvalue weighted by Gasteiger charge is 2.34. The number of aromatic nitrogens is 1. The van der Waals surface area contributed by atoms with Crippen LogP contribution in [0.2, 0.25) is 0 Å². The molecule has 0 aromatic carbocycles. The third-order valence-electron chi connectivity index (χ3n) is 5.21. The lowest BCUT2D eigenvalue weighted by Crippen LogP contribution is -2.28. The third-order valence-corrected chi connectivity index (χ3v) is 5.21. The van der Waals surface area contributed by atoms with Crippen molar-refractivity contribution in [3.63, 3.8) is 0 Å². The van der Waals surface area contributed by atoms with Crippen LogP contribution >= 0.6 is 0 Å². The average Bonchev–Trinajstić information content (AvgIpc) is 2.62. The molecule has 1 aliphatic carbocycles. The van der Waals surface area contributed by atoms with Crippen molar-refractivity contribution in [3.8, 4) is 5.88 Å². The van der Waals surface area contributed by atoms with Gasteiger partial charge < -0.3 is 9.47 Å². The zero-order chi connectivity index (χ0) is 18.4. The van der Waals surface area contributed by atoms with Crippen molar-refractivity contribution < 1.29 is 23.0 Å². The van der Waals surface area contributed by atoms with E-state index in [0.717, 1.165) is 32.1 Å². The van der Waals surface area contributed by atoms with Gasteiger partial charge in [0.25, 0.3) is 6.43 Å². The molecule has 2 rings (SSSR count). The summed E-state index contributed by atoms with van der Waals surface area (Å²) in [7, 11) is 1.36. The Morgan fingerprint density at radius 3 is 2.48 bits per heavy atom. The Kier molecular flexibility index (Phi) is 7.14. The Hall–Kier alpha value is -1.72. The molecule has 0 saturated heterocycles. The molecule has 25 heavy (non-hydrogen) atoms. The van der Waals surface area contributed by atoms with Crippen LogP contribution in [0, 0.1) is 11.8 Å². The second-order valence-corrected chi connectivity index (χ2v) is 6.50. The molecule has 140 valence electrons. The summed E-state index contributed by atoms with van der Waals surface area (Å²) in [6, 6.07) is 1.68. The summed E-state index contributed by atoms with van der Waals surface area (Å²) in [6.07, 6.45) is 2.92. The van der Waals surface area contributed by atoms with Crippen molar-refractivity contribution >= 4 is 5.97 Å². The third kappa shape index (κ3) is 4.47. The molecule has 0 radical (unpaired) electrons. The summed E-state index contributed by atoms with van der Waals surface area (Å²) >= 11 is 0. The van der Waals surface area contributed by atoms with Crippen LogP contribution < -0.4 is 4.74 Å². The van der Waals surface area contributed by atoms with Gasteiger partial charge in [-0.2, -0.15) is 0 Å². The van der Waals surface area contributed by atoms with Crippen molar-refractivity contribution in [2.24, 2.45) is 11.8 Å². The summed E-state index contributed by atoms with van der Waals surface area (Å²) in [4.78, 5) is 16.0. The molecule has 0 aliphatic heterocycles. The molecule has 1 aromatic heterocycles. The topological polar surface area (TPSA) is 48.4 Å². The number of methoxy groups -OCH3 is 1. The number of carbonyl (C=O) groups is 1. The normalized spacial score (nSPS) is 21.8. The molecule has 1 saturated carbocycles. The van der Waals surface area contributed by atoms with Gasteiger partial charge in [-0.3, -0.25) is 4.79 Å². The maximum atomic E-state index is 13.5. The van der Waals surface area contributed by atoms with Gasteiger partial charge in [-0.25, -0.2) is 13.8 Å². The SMILES string of the molecule is CCOC(=O)C(CC)C1CCC(c2ccnc(OC)c2C(F)F)CC1. The van der Waals surface area contributed by atoms with E-state index in [2.05, 4.69) is 4.98 Å². The Morgan fingerprint density at radius 2 is 1.96 bits per heavy atom. The summed E-state index contributed by atoms with van der Waals surface area (Å²) in [5.74, 6) is 0.0956. The lowest BCUT2D eigenvalue weighted by atomic mass is 9.72. The van der Waals surface area contributed by atoms with Crippen LogP contribution in [0.3, 0.4) is 0 Å². The maximum absolute atomic E-state index is 13.5. The smallest absolute Gasteiger partial charge is 0.309 e. The fourth-order valence-corrected chi connectivity index (χ4v) is 3.98. The molecular formula is C19H27F2NO3. The number of hydrogen-bond acceptors (Lipinski definition) is 4. The molecule has 1 aromatic rings. The molecule has 1 unspecified atom stereocenters. The van der Waals surface area contributed by atoms with Gasteiger partial charge in [0.2, 0.25) is 5.88 Å². The Labute approximate surface area is 147 Å². The fraction of sp³-hybridized carbons (Fsp3) is 0.684. The van der Waals surface area contributed by atoms with Crippen LogP contribution in [-0.2, 0) is 9.53 Å². The first kappa shape index (κ1) is 19.6. The summed E-state index contributed by atoms with van der Waals surface area (Å²) in [5, 5.41) is 0. The summed E-state index contributed by atoms with van der Waals surface area (Å²) < 4.78 is 37.2. The average molecular weight is 355 g/mol. The van der Waals surface area contributed by atoms with Gasteiger partial charge in [0.1, 0.15) is 0 Å². The van der Waals surface area contributed by atoms with Crippen LogP contribution in [-0.4, -0.2) is 24.7 Å². The number of pyridine rings is 1. The van der Waals surface area contributed by atoms with Gasteiger partial charge in [-0.15, -0.1) is 0 Å². The van der Waals surface area contributed by atoms with Crippen LogP contribution in [0.1, 0.15) is 69.4 Å². The van der Waals surface area contributed by atoms with Crippen LogP contribution in [0.5, 0.6) is 5.88 Å². The largest absolute Gasteiger partial charge is 0.481 e. The van der Waals surface area contributed by atoms with E-state index in [0.29, 0.717) is 12.2 Å². The molecule has 1 heterocycles. The molecular weight excluding hydrogens is 328 g/mol. The highest BCUT2D eigenvalue weighted by molar-refractivity contribution is 5.72. The molecule has 0 spiro atoms. The number of ether oxygens (including phenoxy) is 2. The van der Waals surface area contributed by atoms with Gasteiger partial charge in [-0.1, -0.05) is 6.92 Å². The molecule has 6 heteroatoms. The first-order valence-corrected chi connectivity index (χ1v) is 9.00. The zero-order valence-electron chi connectivity index (χ0n) is 15.1.